The number of piperazine rings is 1. The van der Waals surface area contributed by atoms with Gasteiger partial charge in [0.2, 0.25) is 0 Å². The summed E-state index contributed by atoms with van der Waals surface area (Å²) in [6, 6.07) is 13.2. The number of hydrazone groups is 1. The minimum absolute atomic E-state index is 0.151. The SMILES string of the molecule is CCOC(=O)N1CCN(CC(=O)N2N=C(c3ccc(F)cc3)C[C@@H]2c2ccccc2Cl)CC1. The minimum Gasteiger partial charge on any atom is -0.450 e. The van der Waals surface area contributed by atoms with Crippen LogP contribution in [0, 0.1) is 5.82 Å². The third-order valence-corrected chi connectivity index (χ3v) is 6.21. The number of nitrogens with zero attached hydrogens (tertiary/aromatic N) is 4. The number of hydrogen-bond donors (Lipinski definition) is 0. The van der Waals surface area contributed by atoms with Gasteiger partial charge in [-0.25, -0.2) is 14.2 Å². The predicted octanol–water partition coefficient (Wildman–Crippen LogP) is 3.93. The number of hydrogen-bond acceptors (Lipinski definition) is 5. The summed E-state index contributed by atoms with van der Waals surface area (Å²) in [6.07, 6.45) is 0.160. The van der Waals surface area contributed by atoms with E-state index >= 15 is 0 Å². The summed E-state index contributed by atoms with van der Waals surface area (Å²) in [5.41, 5.74) is 2.30. The number of rotatable bonds is 5. The highest BCUT2D eigenvalue weighted by Crippen LogP contribution is 2.36. The number of carbonyl (C=O) groups excluding carboxylic acids is 2. The Kier molecular flexibility index (Phi) is 7.25. The molecule has 2 aromatic carbocycles. The van der Waals surface area contributed by atoms with E-state index in [2.05, 4.69) is 5.10 Å². The van der Waals surface area contributed by atoms with Crippen molar-refractivity contribution in [2.75, 3.05) is 39.3 Å². The minimum atomic E-state index is -0.341. The fraction of sp³-hybridized carbons (Fsp3) is 0.375. The summed E-state index contributed by atoms with van der Waals surface area (Å²) in [5.74, 6) is -0.475. The average molecular weight is 473 g/mol. The zero-order valence-electron chi connectivity index (χ0n) is 18.4. The van der Waals surface area contributed by atoms with E-state index in [1.165, 1.54) is 17.1 Å². The zero-order valence-corrected chi connectivity index (χ0v) is 19.2. The first-order chi connectivity index (χ1) is 16.0. The maximum Gasteiger partial charge on any atom is 0.409 e. The smallest absolute Gasteiger partial charge is 0.409 e. The number of amides is 2. The van der Waals surface area contributed by atoms with Gasteiger partial charge < -0.3 is 9.64 Å². The summed E-state index contributed by atoms with van der Waals surface area (Å²) >= 11 is 6.45. The first-order valence-corrected chi connectivity index (χ1v) is 11.4. The Labute approximate surface area is 197 Å². The van der Waals surface area contributed by atoms with Crippen molar-refractivity contribution in [3.05, 3.63) is 70.5 Å². The maximum absolute atomic E-state index is 13.4. The summed E-state index contributed by atoms with van der Waals surface area (Å²) < 4.78 is 18.4. The molecule has 2 heterocycles. The van der Waals surface area contributed by atoms with Crippen molar-refractivity contribution in [3.8, 4) is 0 Å². The molecule has 0 N–H and O–H groups in total. The molecule has 2 aromatic rings. The Bertz CT molecular complexity index is 1040. The van der Waals surface area contributed by atoms with Gasteiger partial charge in [-0.3, -0.25) is 9.69 Å². The van der Waals surface area contributed by atoms with Crippen LogP contribution in [0.3, 0.4) is 0 Å². The molecule has 2 aliphatic rings. The molecule has 0 unspecified atom stereocenters. The lowest BCUT2D eigenvalue weighted by atomic mass is 9.98. The van der Waals surface area contributed by atoms with Crippen molar-refractivity contribution in [2.24, 2.45) is 5.10 Å². The summed E-state index contributed by atoms with van der Waals surface area (Å²) in [6.45, 7) is 4.45. The third kappa shape index (κ3) is 5.34. The van der Waals surface area contributed by atoms with Crippen molar-refractivity contribution in [3.63, 3.8) is 0 Å². The van der Waals surface area contributed by atoms with Crippen LogP contribution in [0.2, 0.25) is 5.02 Å². The summed E-state index contributed by atoms with van der Waals surface area (Å²) in [4.78, 5) is 28.9. The molecular weight excluding hydrogens is 447 g/mol. The number of halogens is 2. The van der Waals surface area contributed by atoms with Gasteiger partial charge in [-0.1, -0.05) is 41.9 Å². The molecule has 0 aromatic heterocycles. The molecule has 174 valence electrons. The third-order valence-electron chi connectivity index (χ3n) is 5.86. The van der Waals surface area contributed by atoms with Crippen LogP contribution < -0.4 is 0 Å². The van der Waals surface area contributed by atoms with Gasteiger partial charge in [0, 0.05) is 37.6 Å². The lowest BCUT2D eigenvalue weighted by Gasteiger charge is -2.34. The first kappa shape index (κ1) is 23.2. The molecule has 2 amide bonds. The van der Waals surface area contributed by atoms with Crippen molar-refractivity contribution in [1.29, 1.82) is 0 Å². The van der Waals surface area contributed by atoms with E-state index in [9.17, 15) is 14.0 Å². The van der Waals surface area contributed by atoms with E-state index in [4.69, 9.17) is 16.3 Å². The van der Waals surface area contributed by atoms with Crippen LogP contribution in [0.1, 0.15) is 30.5 Å². The first-order valence-electron chi connectivity index (χ1n) is 11.0. The summed E-state index contributed by atoms with van der Waals surface area (Å²) in [7, 11) is 0. The maximum atomic E-state index is 13.4. The van der Waals surface area contributed by atoms with Crippen molar-refractivity contribution < 1.29 is 18.7 Å². The van der Waals surface area contributed by atoms with Gasteiger partial charge in [-0.05, 0) is 36.2 Å². The second-order valence-corrected chi connectivity index (χ2v) is 8.40. The molecule has 7 nitrogen and oxygen atoms in total. The molecule has 9 heteroatoms. The molecule has 1 fully saturated rings. The second-order valence-electron chi connectivity index (χ2n) is 8.00. The highest BCUT2D eigenvalue weighted by molar-refractivity contribution is 6.31. The summed E-state index contributed by atoms with van der Waals surface area (Å²) in [5, 5.41) is 6.69. The Balaban J connectivity index is 1.49. The quantitative estimate of drug-likeness (QED) is 0.661. The van der Waals surface area contributed by atoms with Gasteiger partial charge >= 0.3 is 6.09 Å². The molecule has 0 aliphatic carbocycles. The van der Waals surface area contributed by atoms with Crippen molar-refractivity contribution >= 4 is 29.3 Å². The van der Waals surface area contributed by atoms with Crippen LogP contribution in [-0.2, 0) is 9.53 Å². The molecule has 0 saturated carbocycles. The standard InChI is InChI=1S/C24H26ClFN4O3/c1-2-33-24(32)29-13-11-28(12-14-29)16-23(31)30-22(19-5-3-4-6-20(19)25)15-21(27-30)17-7-9-18(26)10-8-17/h3-10,22H,2,11-16H2,1H3/t22-/m1/s1. The van der Waals surface area contributed by atoms with Crippen LogP contribution in [0.4, 0.5) is 9.18 Å². The van der Waals surface area contributed by atoms with Gasteiger partial charge in [-0.2, -0.15) is 5.10 Å². The fourth-order valence-electron chi connectivity index (χ4n) is 4.11. The molecule has 4 rings (SSSR count). The molecule has 0 bridgehead atoms. The van der Waals surface area contributed by atoms with Gasteiger partial charge in [0.1, 0.15) is 5.82 Å². The predicted molar refractivity (Wildman–Crippen MR) is 124 cm³/mol. The second kappa shape index (κ2) is 10.3. The van der Waals surface area contributed by atoms with Crippen LogP contribution >= 0.6 is 11.6 Å². The fourth-order valence-corrected chi connectivity index (χ4v) is 4.37. The van der Waals surface area contributed by atoms with Crippen LogP contribution in [-0.4, -0.2) is 71.9 Å². The molecular formula is C24H26ClFN4O3. The molecule has 0 radical (unpaired) electrons. The number of benzene rings is 2. The van der Waals surface area contributed by atoms with E-state index in [1.807, 2.05) is 23.1 Å². The Morgan fingerprint density at radius 3 is 2.45 bits per heavy atom. The van der Waals surface area contributed by atoms with Gasteiger partial charge in [0.15, 0.2) is 0 Å². The van der Waals surface area contributed by atoms with Gasteiger partial charge in [-0.15, -0.1) is 0 Å². The van der Waals surface area contributed by atoms with Crippen LogP contribution in [0.25, 0.3) is 0 Å². The van der Waals surface area contributed by atoms with Crippen LogP contribution in [0.5, 0.6) is 0 Å². The largest absolute Gasteiger partial charge is 0.450 e. The van der Waals surface area contributed by atoms with E-state index in [0.717, 1.165) is 11.1 Å². The topological polar surface area (TPSA) is 65.5 Å². The Morgan fingerprint density at radius 2 is 1.79 bits per heavy atom. The molecule has 1 atom stereocenters. The normalized spacial score (nSPS) is 18.9. The highest BCUT2D eigenvalue weighted by Gasteiger charge is 2.35. The van der Waals surface area contributed by atoms with E-state index in [0.29, 0.717) is 49.9 Å². The molecule has 0 spiro atoms. The zero-order chi connectivity index (χ0) is 23.4. The van der Waals surface area contributed by atoms with E-state index in [-0.39, 0.29) is 30.4 Å². The van der Waals surface area contributed by atoms with Gasteiger partial charge in [0.05, 0.1) is 24.9 Å². The van der Waals surface area contributed by atoms with E-state index < -0.39 is 0 Å². The van der Waals surface area contributed by atoms with Gasteiger partial charge in [0.25, 0.3) is 5.91 Å². The molecule has 33 heavy (non-hydrogen) atoms. The van der Waals surface area contributed by atoms with Crippen LogP contribution in [0.15, 0.2) is 53.6 Å². The lowest BCUT2D eigenvalue weighted by molar-refractivity contribution is -0.134. The Morgan fingerprint density at radius 1 is 1.09 bits per heavy atom. The van der Waals surface area contributed by atoms with Crippen molar-refractivity contribution in [1.82, 2.24) is 14.8 Å². The molecule has 2 aliphatic heterocycles. The number of carbonyl (C=O) groups is 2. The number of ether oxygens (including phenoxy) is 1. The average Bonchev–Trinajstić information content (AvgIpc) is 3.26. The molecule has 1 saturated heterocycles. The van der Waals surface area contributed by atoms with E-state index in [1.54, 1.807) is 30.0 Å². The van der Waals surface area contributed by atoms with Crippen molar-refractivity contribution in [2.45, 2.75) is 19.4 Å². The Hall–Kier alpha value is -2.97. The lowest BCUT2D eigenvalue weighted by Crippen LogP contribution is -2.51. The monoisotopic (exact) mass is 472 g/mol. The highest BCUT2D eigenvalue weighted by atomic mass is 35.5.